The van der Waals surface area contributed by atoms with Crippen molar-refractivity contribution in [3.8, 4) is 5.88 Å². The van der Waals surface area contributed by atoms with Crippen LogP contribution in [0, 0.1) is 6.92 Å². The van der Waals surface area contributed by atoms with Gasteiger partial charge in [-0.1, -0.05) is 0 Å². The molecule has 0 saturated carbocycles. The maximum Gasteiger partial charge on any atom is 0.213 e. The molecule has 3 nitrogen and oxygen atoms in total. The quantitative estimate of drug-likeness (QED) is 0.764. The molecular weight excluding hydrogens is 200 g/mol. The van der Waals surface area contributed by atoms with Gasteiger partial charge in [0.1, 0.15) is 0 Å². The average molecular weight is 220 g/mol. The van der Waals surface area contributed by atoms with Crippen molar-refractivity contribution in [2.24, 2.45) is 0 Å². The van der Waals surface area contributed by atoms with Crippen molar-refractivity contribution in [1.29, 1.82) is 0 Å². The number of likely N-dealkylation sites (tertiary alicyclic amines) is 1. The van der Waals surface area contributed by atoms with Crippen LogP contribution in [0.4, 0.5) is 0 Å². The Hall–Kier alpha value is -1.09. The van der Waals surface area contributed by atoms with Crippen LogP contribution in [0.1, 0.15) is 29.9 Å². The molecule has 0 aromatic carbocycles. The first-order valence-corrected chi connectivity index (χ1v) is 5.90. The van der Waals surface area contributed by atoms with Gasteiger partial charge < -0.3 is 9.64 Å². The summed E-state index contributed by atoms with van der Waals surface area (Å²) in [7, 11) is 3.85. The number of aromatic nitrogens is 1. The molecule has 3 heteroatoms. The zero-order valence-corrected chi connectivity index (χ0v) is 10.4. The van der Waals surface area contributed by atoms with Gasteiger partial charge in [0.05, 0.1) is 7.11 Å². The molecule has 16 heavy (non-hydrogen) atoms. The molecule has 1 aromatic heterocycles. The maximum atomic E-state index is 5.14. The van der Waals surface area contributed by atoms with Gasteiger partial charge in [-0.05, 0) is 56.9 Å². The lowest BCUT2D eigenvalue weighted by atomic mass is 9.88. The smallest absolute Gasteiger partial charge is 0.213 e. The Labute approximate surface area is 97.4 Å². The van der Waals surface area contributed by atoms with E-state index in [1.807, 2.05) is 12.3 Å². The first kappa shape index (κ1) is 11.4. The second-order valence-electron chi connectivity index (χ2n) is 4.66. The van der Waals surface area contributed by atoms with Gasteiger partial charge in [-0.2, -0.15) is 0 Å². The van der Waals surface area contributed by atoms with E-state index in [0.29, 0.717) is 11.8 Å². The first-order valence-electron chi connectivity index (χ1n) is 5.90. The molecule has 0 N–H and O–H groups in total. The monoisotopic (exact) mass is 220 g/mol. The zero-order valence-electron chi connectivity index (χ0n) is 10.4. The second kappa shape index (κ2) is 4.83. The molecule has 0 unspecified atom stereocenters. The number of aryl methyl sites for hydroxylation is 1. The third-order valence-electron chi connectivity index (χ3n) is 3.49. The minimum atomic E-state index is 0.676. The lowest BCUT2D eigenvalue weighted by molar-refractivity contribution is 0.254. The van der Waals surface area contributed by atoms with E-state index < -0.39 is 0 Å². The van der Waals surface area contributed by atoms with E-state index in [2.05, 4.69) is 23.9 Å². The van der Waals surface area contributed by atoms with Gasteiger partial charge in [0.2, 0.25) is 5.88 Å². The summed E-state index contributed by atoms with van der Waals surface area (Å²) in [5, 5.41) is 0. The van der Waals surface area contributed by atoms with Crippen molar-refractivity contribution < 1.29 is 4.74 Å². The number of ether oxygens (including phenoxy) is 1. The molecule has 88 valence electrons. The van der Waals surface area contributed by atoms with Crippen LogP contribution in [0.3, 0.4) is 0 Å². The number of rotatable bonds is 2. The molecule has 0 spiro atoms. The van der Waals surface area contributed by atoms with Gasteiger partial charge in [-0.25, -0.2) is 4.98 Å². The van der Waals surface area contributed by atoms with Crippen LogP contribution in [0.2, 0.25) is 0 Å². The Balaban J connectivity index is 2.14. The molecule has 2 heterocycles. The van der Waals surface area contributed by atoms with Crippen LogP contribution in [0.15, 0.2) is 12.3 Å². The fourth-order valence-corrected chi connectivity index (χ4v) is 2.40. The summed E-state index contributed by atoms with van der Waals surface area (Å²) >= 11 is 0. The van der Waals surface area contributed by atoms with Crippen LogP contribution in [-0.4, -0.2) is 37.1 Å². The number of hydrogen-bond acceptors (Lipinski definition) is 3. The molecular formula is C13H20N2O. The molecule has 1 fully saturated rings. The Morgan fingerprint density at radius 1 is 1.38 bits per heavy atom. The Morgan fingerprint density at radius 3 is 2.62 bits per heavy atom. The van der Waals surface area contributed by atoms with Crippen LogP contribution < -0.4 is 4.74 Å². The van der Waals surface area contributed by atoms with Gasteiger partial charge in [-0.3, -0.25) is 0 Å². The summed E-state index contributed by atoms with van der Waals surface area (Å²) in [6.07, 6.45) is 4.47. The Bertz CT molecular complexity index is 357. The highest BCUT2D eigenvalue weighted by atomic mass is 16.5. The molecule has 1 saturated heterocycles. The highest BCUT2D eigenvalue weighted by Gasteiger charge is 2.20. The van der Waals surface area contributed by atoms with E-state index >= 15 is 0 Å². The van der Waals surface area contributed by atoms with Crippen LogP contribution in [0.5, 0.6) is 5.88 Å². The number of nitrogens with zero attached hydrogens (tertiary/aromatic N) is 2. The average Bonchev–Trinajstić information content (AvgIpc) is 2.30. The van der Waals surface area contributed by atoms with Crippen LogP contribution in [0.25, 0.3) is 0 Å². The highest BCUT2D eigenvalue weighted by molar-refractivity contribution is 5.31. The first-order chi connectivity index (χ1) is 7.70. The summed E-state index contributed by atoms with van der Waals surface area (Å²) in [4.78, 5) is 6.71. The Morgan fingerprint density at radius 2 is 2.06 bits per heavy atom. The lowest BCUT2D eigenvalue weighted by Gasteiger charge is -2.29. The zero-order chi connectivity index (χ0) is 11.5. The largest absolute Gasteiger partial charge is 0.481 e. The summed E-state index contributed by atoms with van der Waals surface area (Å²) in [5.74, 6) is 1.39. The molecule has 2 rings (SSSR count). The summed E-state index contributed by atoms with van der Waals surface area (Å²) in [6.45, 7) is 4.53. The van der Waals surface area contributed by atoms with E-state index in [0.717, 1.165) is 0 Å². The number of hydrogen-bond donors (Lipinski definition) is 0. The predicted molar refractivity (Wildman–Crippen MR) is 65.0 cm³/mol. The minimum Gasteiger partial charge on any atom is -0.481 e. The van der Waals surface area contributed by atoms with Crippen molar-refractivity contribution in [2.75, 3.05) is 27.2 Å². The fraction of sp³-hybridized carbons (Fsp3) is 0.615. The topological polar surface area (TPSA) is 25.4 Å². The fourth-order valence-electron chi connectivity index (χ4n) is 2.40. The second-order valence-corrected chi connectivity index (χ2v) is 4.66. The molecule has 1 aliphatic heterocycles. The molecule has 1 aromatic rings. The van der Waals surface area contributed by atoms with E-state index in [1.165, 1.54) is 37.1 Å². The molecule has 1 aliphatic rings. The lowest BCUT2D eigenvalue weighted by Crippen LogP contribution is -2.29. The summed E-state index contributed by atoms with van der Waals surface area (Å²) in [6, 6.07) is 2.04. The standard InChI is InChI=1S/C13H20N2O/c1-10-8-13(16-3)14-9-12(10)11-4-6-15(2)7-5-11/h8-9,11H,4-7H2,1-3H3. The van der Waals surface area contributed by atoms with Crippen molar-refractivity contribution in [2.45, 2.75) is 25.7 Å². The van der Waals surface area contributed by atoms with Crippen LogP contribution in [-0.2, 0) is 0 Å². The maximum absolute atomic E-state index is 5.14. The molecule has 0 atom stereocenters. The summed E-state index contributed by atoms with van der Waals surface area (Å²) in [5.41, 5.74) is 2.70. The minimum absolute atomic E-state index is 0.676. The van der Waals surface area contributed by atoms with E-state index in [9.17, 15) is 0 Å². The predicted octanol–water partition coefficient (Wildman–Crippen LogP) is 2.21. The molecule has 0 radical (unpaired) electrons. The van der Waals surface area contributed by atoms with Crippen molar-refractivity contribution in [1.82, 2.24) is 9.88 Å². The van der Waals surface area contributed by atoms with Gasteiger partial charge in [-0.15, -0.1) is 0 Å². The van der Waals surface area contributed by atoms with E-state index in [4.69, 9.17) is 4.74 Å². The van der Waals surface area contributed by atoms with E-state index in [1.54, 1.807) is 7.11 Å². The Kier molecular flexibility index (Phi) is 3.44. The summed E-state index contributed by atoms with van der Waals surface area (Å²) < 4.78 is 5.14. The van der Waals surface area contributed by atoms with Gasteiger partial charge >= 0.3 is 0 Å². The normalized spacial score (nSPS) is 18.7. The van der Waals surface area contributed by atoms with Gasteiger partial charge in [0.15, 0.2) is 0 Å². The number of pyridine rings is 1. The highest BCUT2D eigenvalue weighted by Crippen LogP contribution is 2.30. The number of piperidine rings is 1. The molecule has 0 aliphatic carbocycles. The van der Waals surface area contributed by atoms with Crippen molar-refractivity contribution in [3.63, 3.8) is 0 Å². The van der Waals surface area contributed by atoms with E-state index in [-0.39, 0.29) is 0 Å². The van der Waals surface area contributed by atoms with Crippen molar-refractivity contribution >= 4 is 0 Å². The third kappa shape index (κ3) is 2.35. The van der Waals surface area contributed by atoms with Crippen LogP contribution >= 0.6 is 0 Å². The van der Waals surface area contributed by atoms with Gasteiger partial charge in [0.25, 0.3) is 0 Å². The third-order valence-corrected chi connectivity index (χ3v) is 3.49. The SMILES string of the molecule is COc1cc(C)c(C2CCN(C)CC2)cn1. The van der Waals surface area contributed by atoms with Gasteiger partial charge in [0, 0.05) is 12.3 Å². The molecule has 0 amide bonds. The number of methoxy groups -OCH3 is 1. The molecule has 0 bridgehead atoms. The van der Waals surface area contributed by atoms with Crippen molar-refractivity contribution in [3.05, 3.63) is 23.4 Å².